The van der Waals surface area contributed by atoms with E-state index in [9.17, 15) is 13.2 Å². The molecule has 1 aromatic carbocycles. The van der Waals surface area contributed by atoms with E-state index in [-0.39, 0.29) is 6.04 Å². The Bertz CT molecular complexity index is 441. The Morgan fingerprint density at radius 1 is 1.24 bits per heavy atom. The molecule has 0 radical (unpaired) electrons. The van der Waals surface area contributed by atoms with Gasteiger partial charge in [-0.25, -0.2) is 0 Å². The lowest BCUT2D eigenvalue weighted by molar-refractivity contribution is -0.137. The second-order valence-electron chi connectivity index (χ2n) is 5.38. The van der Waals surface area contributed by atoms with E-state index in [4.69, 9.17) is 4.74 Å². The minimum absolute atomic E-state index is 0.283. The molecule has 0 bridgehead atoms. The van der Waals surface area contributed by atoms with Gasteiger partial charge in [-0.15, -0.1) is 0 Å². The molecule has 120 valence electrons. The SMILES string of the molecule is CCCNC(c1cccc(C(F)(F)F)c1)C(C)(CC)OC. The van der Waals surface area contributed by atoms with E-state index < -0.39 is 17.3 Å². The van der Waals surface area contributed by atoms with E-state index in [0.29, 0.717) is 12.0 Å². The van der Waals surface area contributed by atoms with Crippen molar-refractivity contribution in [3.8, 4) is 0 Å². The van der Waals surface area contributed by atoms with Gasteiger partial charge in [-0.3, -0.25) is 0 Å². The lowest BCUT2D eigenvalue weighted by Crippen LogP contribution is -2.43. The number of methoxy groups -OCH3 is 1. The zero-order chi connectivity index (χ0) is 16.1. The van der Waals surface area contributed by atoms with E-state index in [0.717, 1.165) is 19.0 Å². The highest BCUT2D eigenvalue weighted by Crippen LogP contribution is 2.35. The van der Waals surface area contributed by atoms with Crippen molar-refractivity contribution in [1.29, 1.82) is 0 Å². The number of benzene rings is 1. The van der Waals surface area contributed by atoms with Crippen LogP contribution in [0.3, 0.4) is 0 Å². The van der Waals surface area contributed by atoms with Crippen molar-refractivity contribution in [3.05, 3.63) is 35.4 Å². The van der Waals surface area contributed by atoms with Crippen LogP contribution in [-0.4, -0.2) is 19.3 Å². The van der Waals surface area contributed by atoms with Gasteiger partial charge in [0.25, 0.3) is 0 Å². The Morgan fingerprint density at radius 3 is 2.38 bits per heavy atom. The van der Waals surface area contributed by atoms with Gasteiger partial charge in [0.2, 0.25) is 0 Å². The van der Waals surface area contributed by atoms with Gasteiger partial charge in [0.15, 0.2) is 0 Å². The Balaban J connectivity index is 3.20. The molecular formula is C16H24F3NO. The summed E-state index contributed by atoms with van der Waals surface area (Å²) in [6, 6.07) is 5.19. The van der Waals surface area contributed by atoms with Crippen molar-refractivity contribution in [3.63, 3.8) is 0 Å². The van der Waals surface area contributed by atoms with Gasteiger partial charge < -0.3 is 10.1 Å². The van der Waals surface area contributed by atoms with Crippen LogP contribution in [-0.2, 0) is 10.9 Å². The molecule has 1 rings (SSSR count). The Hall–Kier alpha value is -1.07. The van der Waals surface area contributed by atoms with Crippen molar-refractivity contribution in [2.45, 2.75) is 51.4 Å². The first-order chi connectivity index (χ1) is 9.78. The van der Waals surface area contributed by atoms with E-state index >= 15 is 0 Å². The summed E-state index contributed by atoms with van der Waals surface area (Å²) >= 11 is 0. The molecule has 0 heterocycles. The zero-order valence-electron chi connectivity index (χ0n) is 13.1. The number of hydrogen-bond acceptors (Lipinski definition) is 2. The monoisotopic (exact) mass is 303 g/mol. The van der Waals surface area contributed by atoms with E-state index in [1.807, 2.05) is 20.8 Å². The van der Waals surface area contributed by atoms with Gasteiger partial charge in [0, 0.05) is 7.11 Å². The average Bonchev–Trinajstić information content (AvgIpc) is 2.46. The van der Waals surface area contributed by atoms with Gasteiger partial charge in [0.1, 0.15) is 0 Å². The summed E-state index contributed by atoms with van der Waals surface area (Å²) in [7, 11) is 1.59. The third-order valence-corrected chi connectivity index (χ3v) is 3.92. The van der Waals surface area contributed by atoms with Gasteiger partial charge in [-0.05, 0) is 44.0 Å². The minimum Gasteiger partial charge on any atom is -0.377 e. The number of ether oxygens (including phenoxy) is 1. The van der Waals surface area contributed by atoms with Gasteiger partial charge in [0.05, 0.1) is 17.2 Å². The predicted molar refractivity (Wildman–Crippen MR) is 78.2 cm³/mol. The smallest absolute Gasteiger partial charge is 0.377 e. The van der Waals surface area contributed by atoms with Crippen LogP contribution in [0, 0.1) is 0 Å². The lowest BCUT2D eigenvalue weighted by Gasteiger charge is -2.37. The van der Waals surface area contributed by atoms with Crippen molar-refractivity contribution in [2.75, 3.05) is 13.7 Å². The highest BCUT2D eigenvalue weighted by Gasteiger charge is 2.36. The molecule has 0 aliphatic rings. The molecule has 5 heteroatoms. The molecule has 1 N–H and O–H groups in total. The Kier molecular flexibility index (Phi) is 6.23. The standard InChI is InChI=1S/C16H24F3NO/c1-5-10-20-14(15(3,6-2)21-4)12-8-7-9-13(11-12)16(17,18)19/h7-9,11,14,20H,5-6,10H2,1-4H3. The molecule has 21 heavy (non-hydrogen) atoms. The first kappa shape index (κ1) is 18.0. The topological polar surface area (TPSA) is 21.3 Å². The molecule has 2 unspecified atom stereocenters. The first-order valence-electron chi connectivity index (χ1n) is 7.24. The summed E-state index contributed by atoms with van der Waals surface area (Å²) in [5.74, 6) is 0. The van der Waals surface area contributed by atoms with Crippen LogP contribution >= 0.6 is 0 Å². The predicted octanol–water partition coefficient (Wildman–Crippen LogP) is 4.56. The number of nitrogens with one attached hydrogen (secondary N) is 1. The van der Waals surface area contributed by atoms with Gasteiger partial charge in [-0.1, -0.05) is 26.0 Å². The van der Waals surface area contributed by atoms with Crippen molar-refractivity contribution in [2.24, 2.45) is 0 Å². The molecule has 2 atom stereocenters. The molecule has 0 aromatic heterocycles. The fraction of sp³-hybridized carbons (Fsp3) is 0.625. The summed E-state index contributed by atoms with van der Waals surface area (Å²) in [6.45, 7) is 6.63. The van der Waals surface area contributed by atoms with Crippen LogP contribution in [0.15, 0.2) is 24.3 Å². The van der Waals surface area contributed by atoms with Crippen LogP contribution in [0.5, 0.6) is 0 Å². The van der Waals surface area contributed by atoms with Crippen LogP contribution in [0.2, 0.25) is 0 Å². The lowest BCUT2D eigenvalue weighted by atomic mass is 9.87. The van der Waals surface area contributed by atoms with Crippen LogP contribution < -0.4 is 5.32 Å². The maximum atomic E-state index is 12.9. The quantitative estimate of drug-likeness (QED) is 0.797. The highest BCUT2D eigenvalue weighted by atomic mass is 19.4. The van der Waals surface area contributed by atoms with Gasteiger partial charge in [-0.2, -0.15) is 13.2 Å². The maximum absolute atomic E-state index is 12.9. The molecule has 0 amide bonds. The fourth-order valence-electron chi connectivity index (χ4n) is 2.34. The maximum Gasteiger partial charge on any atom is 0.416 e. The van der Waals surface area contributed by atoms with Crippen LogP contribution in [0.25, 0.3) is 0 Å². The summed E-state index contributed by atoms with van der Waals surface area (Å²) in [4.78, 5) is 0. The number of alkyl halides is 3. The second-order valence-corrected chi connectivity index (χ2v) is 5.38. The molecule has 0 saturated carbocycles. The van der Waals surface area contributed by atoms with Crippen molar-refractivity contribution >= 4 is 0 Å². The van der Waals surface area contributed by atoms with E-state index in [1.54, 1.807) is 13.2 Å². The molecular weight excluding hydrogens is 279 g/mol. The average molecular weight is 303 g/mol. The summed E-state index contributed by atoms with van der Waals surface area (Å²) < 4.78 is 44.3. The fourth-order valence-corrected chi connectivity index (χ4v) is 2.34. The Morgan fingerprint density at radius 2 is 1.90 bits per heavy atom. The van der Waals surface area contributed by atoms with Crippen molar-refractivity contribution in [1.82, 2.24) is 5.32 Å². The molecule has 0 fully saturated rings. The summed E-state index contributed by atoms with van der Waals surface area (Å²) in [5, 5.41) is 3.31. The zero-order valence-corrected chi connectivity index (χ0v) is 13.1. The third-order valence-electron chi connectivity index (χ3n) is 3.92. The number of hydrogen-bond donors (Lipinski definition) is 1. The summed E-state index contributed by atoms with van der Waals surface area (Å²) in [5.41, 5.74) is -0.582. The number of rotatable bonds is 7. The Labute approximate surface area is 124 Å². The van der Waals surface area contributed by atoms with E-state index in [2.05, 4.69) is 5.32 Å². The van der Waals surface area contributed by atoms with Crippen LogP contribution in [0.1, 0.15) is 50.8 Å². The highest BCUT2D eigenvalue weighted by molar-refractivity contribution is 5.29. The molecule has 1 aromatic rings. The third kappa shape index (κ3) is 4.45. The largest absolute Gasteiger partial charge is 0.416 e. The first-order valence-corrected chi connectivity index (χ1v) is 7.24. The van der Waals surface area contributed by atoms with E-state index in [1.165, 1.54) is 12.1 Å². The second kappa shape index (κ2) is 7.27. The molecule has 0 aliphatic carbocycles. The van der Waals surface area contributed by atoms with Gasteiger partial charge >= 0.3 is 6.18 Å². The molecule has 2 nitrogen and oxygen atoms in total. The number of halogens is 3. The summed E-state index contributed by atoms with van der Waals surface area (Å²) in [6.07, 6.45) is -2.74. The van der Waals surface area contributed by atoms with Crippen molar-refractivity contribution < 1.29 is 17.9 Å². The molecule has 0 spiro atoms. The molecule has 0 saturated heterocycles. The normalized spacial score (nSPS) is 16.5. The molecule has 0 aliphatic heterocycles. The minimum atomic E-state index is -4.33. The van der Waals surface area contributed by atoms with Crippen LogP contribution in [0.4, 0.5) is 13.2 Å².